The zero-order valence-corrected chi connectivity index (χ0v) is 16.0. The quantitative estimate of drug-likeness (QED) is 0.654. The van der Waals surface area contributed by atoms with Crippen LogP contribution in [0.15, 0.2) is 84.9 Å². The van der Waals surface area contributed by atoms with Crippen LogP contribution in [0.4, 0.5) is 17.1 Å². The largest absolute Gasteiger partial charge is 0.326 e. The lowest BCUT2D eigenvalue weighted by molar-refractivity contribution is -0.134. The summed E-state index contributed by atoms with van der Waals surface area (Å²) in [6, 6.07) is 25.1. The van der Waals surface area contributed by atoms with E-state index in [1.54, 1.807) is 36.4 Å². The second-order valence-corrected chi connectivity index (χ2v) is 6.43. The van der Waals surface area contributed by atoms with Crippen LogP contribution < -0.4 is 15.5 Å². The maximum atomic E-state index is 13.0. The van der Waals surface area contributed by atoms with Gasteiger partial charge in [-0.15, -0.1) is 0 Å². The Balaban J connectivity index is 1.80. The van der Waals surface area contributed by atoms with Crippen LogP contribution in [0.5, 0.6) is 0 Å². The molecule has 3 aromatic carbocycles. The van der Waals surface area contributed by atoms with Crippen molar-refractivity contribution in [1.29, 1.82) is 0 Å². The standard InChI is InChI=1S/C23H21N3O3/c1-17(27)24-19-11-8-12-20(15-19)25-22(28)23(29)26(21-13-6-3-7-14-21)16-18-9-4-2-5-10-18/h2-15H,16H2,1H3,(H,24,27)(H,25,28). The van der Waals surface area contributed by atoms with Crippen LogP contribution in [0, 0.1) is 0 Å². The van der Waals surface area contributed by atoms with Gasteiger partial charge in [-0.1, -0.05) is 54.6 Å². The van der Waals surface area contributed by atoms with Crippen molar-refractivity contribution < 1.29 is 14.4 Å². The van der Waals surface area contributed by atoms with Gasteiger partial charge in [0.2, 0.25) is 5.91 Å². The lowest BCUT2D eigenvalue weighted by atomic mass is 10.2. The molecule has 0 saturated carbocycles. The first-order valence-corrected chi connectivity index (χ1v) is 9.12. The van der Waals surface area contributed by atoms with Crippen LogP contribution in [0.1, 0.15) is 12.5 Å². The van der Waals surface area contributed by atoms with Crippen LogP contribution in [0.25, 0.3) is 0 Å². The summed E-state index contributed by atoms with van der Waals surface area (Å²) < 4.78 is 0. The lowest BCUT2D eigenvalue weighted by Crippen LogP contribution is -2.39. The first kappa shape index (κ1) is 19.8. The van der Waals surface area contributed by atoms with Crippen molar-refractivity contribution in [2.75, 3.05) is 15.5 Å². The number of carbonyl (C=O) groups excluding carboxylic acids is 3. The minimum absolute atomic E-state index is 0.220. The van der Waals surface area contributed by atoms with Crippen LogP contribution in [-0.2, 0) is 20.9 Å². The molecule has 3 rings (SSSR count). The van der Waals surface area contributed by atoms with E-state index in [1.165, 1.54) is 11.8 Å². The van der Waals surface area contributed by atoms with E-state index in [1.807, 2.05) is 48.5 Å². The normalized spacial score (nSPS) is 10.1. The highest BCUT2D eigenvalue weighted by Gasteiger charge is 2.23. The molecule has 0 aliphatic carbocycles. The zero-order chi connectivity index (χ0) is 20.6. The van der Waals surface area contributed by atoms with Gasteiger partial charge in [0, 0.05) is 24.0 Å². The highest BCUT2D eigenvalue weighted by molar-refractivity contribution is 6.44. The number of amides is 3. The second-order valence-electron chi connectivity index (χ2n) is 6.43. The minimum Gasteiger partial charge on any atom is -0.326 e. The summed E-state index contributed by atoms with van der Waals surface area (Å²) in [6.07, 6.45) is 0. The van der Waals surface area contributed by atoms with Gasteiger partial charge in [-0.05, 0) is 35.9 Å². The van der Waals surface area contributed by atoms with Gasteiger partial charge < -0.3 is 10.6 Å². The first-order chi connectivity index (χ1) is 14.0. The molecule has 0 aliphatic rings. The maximum absolute atomic E-state index is 13.0. The SMILES string of the molecule is CC(=O)Nc1cccc(NC(=O)C(=O)N(Cc2ccccc2)c2ccccc2)c1. The van der Waals surface area contributed by atoms with Crippen molar-refractivity contribution in [2.24, 2.45) is 0 Å². The molecule has 6 heteroatoms. The highest BCUT2D eigenvalue weighted by Crippen LogP contribution is 2.19. The van der Waals surface area contributed by atoms with Crippen LogP contribution in [0.3, 0.4) is 0 Å². The number of hydrogen-bond acceptors (Lipinski definition) is 3. The minimum atomic E-state index is -0.759. The third-order valence-corrected chi connectivity index (χ3v) is 4.13. The van der Waals surface area contributed by atoms with E-state index in [4.69, 9.17) is 0 Å². The Morgan fingerprint density at radius 3 is 1.97 bits per heavy atom. The van der Waals surface area contributed by atoms with Gasteiger partial charge in [0.1, 0.15) is 0 Å². The molecule has 6 nitrogen and oxygen atoms in total. The average Bonchev–Trinajstić information content (AvgIpc) is 2.72. The van der Waals surface area contributed by atoms with E-state index in [-0.39, 0.29) is 12.5 Å². The number of rotatable bonds is 5. The monoisotopic (exact) mass is 387 g/mol. The van der Waals surface area contributed by atoms with Crippen LogP contribution in [0.2, 0.25) is 0 Å². The molecule has 0 radical (unpaired) electrons. The van der Waals surface area contributed by atoms with Gasteiger partial charge >= 0.3 is 11.8 Å². The van der Waals surface area contributed by atoms with Crippen molar-refractivity contribution in [2.45, 2.75) is 13.5 Å². The van der Waals surface area contributed by atoms with Gasteiger partial charge in [-0.3, -0.25) is 19.3 Å². The molecule has 0 aromatic heterocycles. The zero-order valence-electron chi connectivity index (χ0n) is 16.0. The average molecular weight is 387 g/mol. The summed E-state index contributed by atoms with van der Waals surface area (Å²) in [5.41, 5.74) is 2.49. The molecule has 29 heavy (non-hydrogen) atoms. The van der Waals surface area contributed by atoms with Gasteiger partial charge in [0.15, 0.2) is 0 Å². The van der Waals surface area contributed by atoms with Crippen molar-refractivity contribution in [3.8, 4) is 0 Å². The molecule has 0 aliphatic heterocycles. The Morgan fingerprint density at radius 1 is 0.759 bits per heavy atom. The molecule has 0 fully saturated rings. The summed E-state index contributed by atoms with van der Waals surface area (Å²) in [5, 5.41) is 5.25. The molecule has 0 spiro atoms. The van der Waals surface area contributed by atoms with E-state index in [9.17, 15) is 14.4 Å². The number of nitrogens with one attached hydrogen (secondary N) is 2. The summed E-state index contributed by atoms with van der Waals surface area (Å²) in [7, 11) is 0. The van der Waals surface area contributed by atoms with Crippen molar-refractivity contribution in [3.05, 3.63) is 90.5 Å². The maximum Gasteiger partial charge on any atom is 0.316 e. The summed E-state index contributed by atoms with van der Waals surface area (Å²) in [6.45, 7) is 1.67. The van der Waals surface area contributed by atoms with Gasteiger partial charge in [-0.2, -0.15) is 0 Å². The summed E-state index contributed by atoms with van der Waals surface area (Å²) >= 11 is 0. The predicted octanol–water partition coefficient (Wildman–Crippen LogP) is 3.82. The molecule has 146 valence electrons. The van der Waals surface area contributed by atoms with E-state index in [2.05, 4.69) is 10.6 Å². The van der Waals surface area contributed by atoms with E-state index >= 15 is 0 Å². The highest BCUT2D eigenvalue weighted by atomic mass is 16.2. The molecular formula is C23H21N3O3. The molecule has 0 unspecified atom stereocenters. The number of para-hydroxylation sites is 1. The number of hydrogen-bond donors (Lipinski definition) is 2. The second kappa shape index (κ2) is 9.32. The summed E-state index contributed by atoms with van der Waals surface area (Å²) in [5.74, 6) is -1.66. The Kier molecular flexibility index (Phi) is 6.37. The van der Waals surface area contributed by atoms with Crippen molar-refractivity contribution in [3.63, 3.8) is 0 Å². The topological polar surface area (TPSA) is 78.5 Å². The first-order valence-electron chi connectivity index (χ1n) is 9.12. The van der Waals surface area contributed by atoms with Crippen LogP contribution >= 0.6 is 0 Å². The predicted molar refractivity (Wildman–Crippen MR) is 113 cm³/mol. The fraction of sp³-hybridized carbons (Fsp3) is 0.0870. The van der Waals surface area contributed by atoms with Crippen molar-refractivity contribution >= 4 is 34.8 Å². The molecule has 0 bridgehead atoms. The van der Waals surface area contributed by atoms with Gasteiger partial charge in [0.25, 0.3) is 0 Å². The third kappa shape index (κ3) is 5.52. The van der Waals surface area contributed by atoms with Crippen LogP contribution in [-0.4, -0.2) is 17.7 Å². The molecule has 0 atom stereocenters. The lowest BCUT2D eigenvalue weighted by Gasteiger charge is -2.22. The fourth-order valence-electron chi connectivity index (χ4n) is 2.84. The molecule has 3 amide bonds. The fourth-order valence-corrected chi connectivity index (χ4v) is 2.84. The van der Waals surface area contributed by atoms with E-state index in [0.29, 0.717) is 17.1 Å². The number of nitrogens with zero attached hydrogens (tertiary/aromatic N) is 1. The molecule has 0 saturated heterocycles. The van der Waals surface area contributed by atoms with Gasteiger partial charge in [0.05, 0.1) is 6.54 Å². The van der Waals surface area contributed by atoms with Gasteiger partial charge in [-0.25, -0.2) is 0 Å². The Hall–Kier alpha value is -3.93. The Labute approximate surface area is 169 Å². The Morgan fingerprint density at radius 2 is 1.34 bits per heavy atom. The third-order valence-electron chi connectivity index (χ3n) is 4.13. The molecule has 0 heterocycles. The van der Waals surface area contributed by atoms with Crippen molar-refractivity contribution in [1.82, 2.24) is 0 Å². The smallest absolute Gasteiger partial charge is 0.316 e. The van der Waals surface area contributed by atoms with E-state index in [0.717, 1.165) is 5.56 Å². The number of benzene rings is 3. The number of carbonyl (C=O) groups is 3. The molecular weight excluding hydrogens is 366 g/mol. The molecule has 3 aromatic rings. The number of anilines is 3. The van der Waals surface area contributed by atoms with E-state index < -0.39 is 11.8 Å². The summed E-state index contributed by atoms with van der Waals surface area (Å²) in [4.78, 5) is 38.3. The Bertz CT molecular complexity index is 1000. The molecule has 2 N–H and O–H groups in total.